The summed E-state index contributed by atoms with van der Waals surface area (Å²) in [5.74, 6) is -2.29. The molecular formula is C33H35Cl2F6N7O5S3. The molecule has 2 unspecified atom stereocenters. The van der Waals surface area contributed by atoms with E-state index in [9.17, 15) is 50.9 Å². The van der Waals surface area contributed by atoms with Crippen LogP contribution in [0.25, 0.3) is 10.6 Å². The highest BCUT2D eigenvalue weighted by Gasteiger charge is 2.35. The van der Waals surface area contributed by atoms with Gasteiger partial charge < -0.3 is 31.9 Å². The van der Waals surface area contributed by atoms with Crippen molar-refractivity contribution in [1.29, 1.82) is 0 Å². The molecule has 1 aromatic carbocycles. The summed E-state index contributed by atoms with van der Waals surface area (Å²) < 4.78 is 77.8. The Balaban J connectivity index is 1.41. The van der Waals surface area contributed by atoms with Gasteiger partial charge in [0.05, 0.1) is 24.3 Å². The fraction of sp³-hybridized carbons (Fsp3) is 0.455. The molecule has 3 aromatic heterocycles. The number of aliphatic hydroxyl groups is 2. The maximum atomic E-state index is 13.0. The zero-order valence-electron chi connectivity index (χ0n) is 29.3. The summed E-state index contributed by atoms with van der Waals surface area (Å²) in [6, 6.07) is -1.81. The van der Waals surface area contributed by atoms with Gasteiger partial charge in [-0.25, -0.2) is 15.0 Å². The quantitative estimate of drug-likeness (QED) is 0.0642. The van der Waals surface area contributed by atoms with Crippen molar-refractivity contribution in [2.24, 2.45) is 5.73 Å². The van der Waals surface area contributed by atoms with E-state index in [0.29, 0.717) is 21.0 Å². The number of amides is 3. The maximum Gasteiger partial charge on any atom is 0.389 e. The van der Waals surface area contributed by atoms with E-state index < -0.39 is 92.1 Å². The van der Waals surface area contributed by atoms with Crippen LogP contribution in [0.4, 0.5) is 26.3 Å². The van der Waals surface area contributed by atoms with E-state index >= 15 is 0 Å². The van der Waals surface area contributed by atoms with Crippen LogP contribution in [0, 0.1) is 0 Å². The molecule has 3 amide bonds. The number of benzene rings is 1. The fourth-order valence-electron chi connectivity index (χ4n) is 5.06. The van der Waals surface area contributed by atoms with Gasteiger partial charge in [-0.2, -0.15) is 26.3 Å². The molecule has 12 nitrogen and oxygen atoms in total. The third-order valence-electron chi connectivity index (χ3n) is 8.05. The summed E-state index contributed by atoms with van der Waals surface area (Å²) in [7, 11) is 0. The fourth-order valence-corrected chi connectivity index (χ4v) is 8.15. The minimum absolute atomic E-state index is 0.0518. The number of hydrogen-bond donors (Lipinski definition) is 6. The Hall–Kier alpha value is -3.44. The predicted molar refractivity (Wildman–Crippen MR) is 200 cm³/mol. The molecule has 0 aliphatic heterocycles. The van der Waals surface area contributed by atoms with Gasteiger partial charge in [-0.3, -0.25) is 14.4 Å². The molecule has 4 rings (SSSR count). The van der Waals surface area contributed by atoms with Crippen LogP contribution in [-0.2, 0) is 16.0 Å². The lowest BCUT2D eigenvalue weighted by molar-refractivity contribution is -0.140. The first kappa shape index (κ1) is 45.3. The van der Waals surface area contributed by atoms with E-state index in [-0.39, 0.29) is 31.4 Å². The number of nitrogens with zero attached hydrogens (tertiary/aromatic N) is 3. The van der Waals surface area contributed by atoms with Crippen molar-refractivity contribution in [3.05, 3.63) is 71.5 Å². The van der Waals surface area contributed by atoms with Crippen LogP contribution < -0.4 is 21.7 Å². The zero-order chi connectivity index (χ0) is 41.5. The summed E-state index contributed by atoms with van der Waals surface area (Å²) >= 11 is 16.1. The summed E-state index contributed by atoms with van der Waals surface area (Å²) in [5, 5.41) is 31.1. The van der Waals surface area contributed by atoms with E-state index in [1.165, 1.54) is 37.8 Å². The number of thiazole rings is 3. The molecule has 0 bridgehead atoms. The van der Waals surface area contributed by atoms with Crippen molar-refractivity contribution in [1.82, 2.24) is 30.9 Å². The number of hydrogen-bond acceptors (Lipinski definition) is 12. The van der Waals surface area contributed by atoms with Crippen molar-refractivity contribution >= 4 is 74.9 Å². The minimum Gasteiger partial charge on any atom is -0.384 e. The van der Waals surface area contributed by atoms with Gasteiger partial charge in [-0.05, 0) is 44.4 Å². The normalized spacial score (nSPS) is 15.4. The second kappa shape index (κ2) is 19.3. The van der Waals surface area contributed by atoms with E-state index in [0.717, 1.165) is 34.0 Å². The minimum atomic E-state index is -4.54. The molecule has 0 saturated carbocycles. The van der Waals surface area contributed by atoms with E-state index in [1.807, 2.05) is 0 Å². The number of carbonyl (C=O) groups excluding carboxylic acids is 3. The average molecular weight is 891 g/mol. The Morgan fingerprint density at radius 1 is 0.821 bits per heavy atom. The Labute approximate surface area is 337 Å². The Morgan fingerprint density at radius 2 is 1.39 bits per heavy atom. The highest BCUT2D eigenvalue weighted by molar-refractivity contribution is 7.17. The van der Waals surface area contributed by atoms with Crippen LogP contribution in [0.15, 0.2) is 36.1 Å². The number of carbonyl (C=O) groups is 3. The van der Waals surface area contributed by atoms with Gasteiger partial charge >= 0.3 is 12.4 Å². The number of halogens is 8. The lowest BCUT2D eigenvalue weighted by Gasteiger charge is -2.25. The van der Waals surface area contributed by atoms with Crippen LogP contribution in [0.5, 0.6) is 0 Å². The molecule has 0 aliphatic carbocycles. The van der Waals surface area contributed by atoms with Crippen molar-refractivity contribution in [2.75, 3.05) is 0 Å². The lowest BCUT2D eigenvalue weighted by atomic mass is 10.0. The van der Waals surface area contributed by atoms with E-state index in [4.69, 9.17) is 28.9 Å². The third-order valence-corrected chi connectivity index (χ3v) is 11.7. The smallest absolute Gasteiger partial charge is 0.384 e. The van der Waals surface area contributed by atoms with Crippen LogP contribution in [0.1, 0.15) is 81.9 Å². The number of rotatable bonds is 17. The largest absolute Gasteiger partial charge is 0.389 e. The van der Waals surface area contributed by atoms with Crippen molar-refractivity contribution < 1.29 is 50.9 Å². The maximum absolute atomic E-state index is 13.0. The topological polar surface area (TPSA) is 192 Å². The summed E-state index contributed by atoms with van der Waals surface area (Å²) in [4.78, 5) is 51.0. The summed E-state index contributed by atoms with van der Waals surface area (Å²) in [6.07, 6.45) is -11.8. The van der Waals surface area contributed by atoms with Crippen LogP contribution in [0.3, 0.4) is 0 Å². The third kappa shape index (κ3) is 13.0. The van der Waals surface area contributed by atoms with Gasteiger partial charge in [-0.1, -0.05) is 23.2 Å². The standard InChI is InChI=1S/C33H35Cl2F6N7O5S3/c1-14(42)26(51)47-22(4-6-33(39,40)41)25(50)31-44-12-17(55-31)11-18-19(34)9-16(10-20(18)35)29-45-13-23(56-29)28(53)46-15(2)27(52)48-21(3-5-32(36,37)38)24(49)30-43-7-8-54-30/h7-10,12-15,21-22,24-25,49-50H,3-6,11,42H2,1-2H3,(H,46,53)(H,47,51)(H,48,52)/t14-,15-,21-,22-,24?,25?/m0/s1. The van der Waals surface area contributed by atoms with Gasteiger partial charge in [0.15, 0.2) is 0 Å². The molecule has 0 spiro atoms. The molecule has 56 heavy (non-hydrogen) atoms. The number of aromatic nitrogens is 3. The molecule has 4 aromatic rings. The van der Waals surface area contributed by atoms with E-state index in [2.05, 4.69) is 30.9 Å². The molecule has 0 aliphatic rings. The molecule has 306 valence electrons. The molecule has 3 heterocycles. The van der Waals surface area contributed by atoms with Gasteiger partial charge in [0.2, 0.25) is 11.8 Å². The molecule has 6 atom stereocenters. The van der Waals surface area contributed by atoms with Crippen LogP contribution in [-0.4, -0.2) is 79.4 Å². The Morgan fingerprint density at radius 3 is 1.93 bits per heavy atom. The first-order chi connectivity index (χ1) is 26.1. The number of nitrogens with one attached hydrogen (secondary N) is 3. The van der Waals surface area contributed by atoms with Crippen molar-refractivity contribution in [2.45, 2.75) is 94.7 Å². The average Bonchev–Trinajstić information content (AvgIpc) is 3.91. The predicted octanol–water partition coefficient (Wildman–Crippen LogP) is 6.51. The van der Waals surface area contributed by atoms with Crippen molar-refractivity contribution in [3.63, 3.8) is 0 Å². The van der Waals surface area contributed by atoms with Crippen molar-refractivity contribution in [3.8, 4) is 10.6 Å². The van der Waals surface area contributed by atoms with Gasteiger partial charge in [0.25, 0.3) is 5.91 Å². The lowest BCUT2D eigenvalue weighted by Crippen LogP contribution is -2.49. The number of aliphatic hydroxyl groups excluding tert-OH is 2. The second-order valence-electron chi connectivity index (χ2n) is 12.6. The molecule has 0 radical (unpaired) electrons. The highest BCUT2D eigenvalue weighted by Crippen LogP contribution is 2.37. The Kier molecular flexibility index (Phi) is 15.6. The molecule has 7 N–H and O–H groups in total. The molecule has 23 heteroatoms. The molecule has 0 saturated heterocycles. The zero-order valence-corrected chi connectivity index (χ0v) is 33.2. The highest BCUT2D eigenvalue weighted by atomic mass is 35.5. The van der Waals surface area contributed by atoms with Crippen LogP contribution in [0.2, 0.25) is 10.0 Å². The van der Waals surface area contributed by atoms with Gasteiger partial charge in [0.1, 0.15) is 38.1 Å². The van der Waals surface area contributed by atoms with Crippen LogP contribution >= 0.6 is 57.2 Å². The first-order valence-electron chi connectivity index (χ1n) is 16.6. The monoisotopic (exact) mass is 889 g/mol. The second-order valence-corrected chi connectivity index (χ2v) is 16.5. The van der Waals surface area contributed by atoms with Gasteiger partial charge in [0, 0.05) is 57.5 Å². The SMILES string of the molecule is C[C@H](N)C(=O)N[C@@H](CCC(F)(F)F)C(O)c1ncc(Cc2c(Cl)cc(-c3ncc(C(=O)N[C@@H](C)C(=O)N[C@@H](CCC(F)(F)F)C(O)c4nccs4)s3)cc2Cl)s1. The summed E-state index contributed by atoms with van der Waals surface area (Å²) in [6.45, 7) is 2.67. The summed E-state index contributed by atoms with van der Waals surface area (Å²) in [5.41, 5.74) is 6.42. The number of nitrogens with two attached hydrogens (primary N) is 1. The van der Waals surface area contributed by atoms with E-state index in [1.54, 1.807) is 12.1 Å². The molecular weight excluding hydrogens is 856 g/mol. The van der Waals surface area contributed by atoms with Gasteiger partial charge in [-0.15, -0.1) is 34.0 Å². The number of alkyl halides is 6. The first-order valence-corrected chi connectivity index (χ1v) is 19.8. The molecule has 0 fully saturated rings. The Bertz CT molecular complexity index is 1940.